The highest BCUT2D eigenvalue weighted by Crippen LogP contribution is 2.16. The molecular formula is C14H19N3O2. The molecule has 1 fully saturated rings. The second-order valence-corrected chi connectivity index (χ2v) is 4.93. The molecule has 102 valence electrons. The predicted molar refractivity (Wildman–Crippen MR) is 73.9 cm³/mol. The molecule has 0 spiro atoms. The molecule has 5 nitrogen and oxygen atoms in total. The fourth-order valence-electron chi connectivity index (χ4n) is 2.14. The van der Waals surface area contributed by atoms with Crippen LogP contribution in [0.1, 0.15) is 0 Å². The molecule has 0 radical (unpaired) electrons. The van der Waals surface area contributed by atoms with Gasteiger partial charge in [0, 0.05) is 18.8 Å². The van der Waals surface area contributed by atoms with Gasteiger partial charge in [0.05, 0.1) is 6.54 Å². The molecule has 1 aromatic rings. The molecule has 0 aliphatic carbocycles. The molecule has 19 heavy (non-hydrogen) atoms. The Hall–Kier alpha value is -1.88. The first-order chi connectivity index (χ1) is 9.08. The van der Waals surface area contributed by atoms with Crippen molar-refractivity contribution in [3.05, 3.63) is 30.3 Å². The average molecular weight is 261 g/mol. The first-order valence-corrected chi connectivity index (χ1v) is 6.36. The van der Waals surface area contributed by atoms with Crippen LogP contribution >= 0.6 is 0 Å². The summed E-state index contributed by atoms with van der Waals surface area (Å²) in [5.41, 5.74) is 0.896. The molecule has 0 bridgehead atoms. The summed E-state index contributed by atoms with van der Waals surface area (Å²) in [6, 6.07) is 9.56. The number of rotatable bonds is 3. The van der Waals surface area contributed by atoms with Crippen molar-refractivity contribution in [3.8, 4) is 0 Å². The summed E-state index contributed by atoms with van der Waals surface area (Å²) in [4.78, 5) is 29.2. The maximum absolute atomic E-state index is 12.1. The number of nitrogens with zero attached hydrogens (tertiary/aromatic N) is 3. The largest absolute Gasteiger partial charge is 0.330 e. The molecule has 1 aromatic carbocycles. The number of carbonyl (C=O) groups excluding carboxylic acids is 2. The van der Waals surface area contributed by atoms with E-state index < -0.39 is 0 Å². The van der Waals surface area contributed by atoms with Crippen LogP contribution in [0.5, 0.6) is 0 Å². The number of hydrogen-bond donors (Lipinski definition) is 0. The molecule has 0 saturated carbocycles. The van der Waals surface area contributed by atoms with Crippen LogP contribution in [0.15, 0.2) is 30.3 Å². The van der Waals surface area contributed by atoms with Crippen LogP contribution in [0.25, 0.3) is 0 Å². The topological polar surface area (TPSA) is 43.9 Å². The Morgan fingerprint density at radius 1 is 1.21 bits per heavy atom. The van der Waals surface area contributed by atoms with Crippen molar-refractivity contribution in [1.82, 2.24) is 9.80 Å². The molecule has 0 unspecified atom stereocenters. The second kappa shape index (κ2) is 5.84. The molecule has 0 N–H and O–H groups in total. The number of hydrogen-bond acceptors (Lipinski definition) is 3. The lowest BCUT2D eigenvalue weighted by Gasteiger charge is -2.34. The number of anilines is 1. The van der Waals surface area contributed by atoms with E-state index in [1.807, 2.05) is 49.3 Å². The molecule has 1 saturated heterocycles. The highest BCUT2D eigenvalue weighted by atomic mass is 16.2. The van der Waals surface area contributed by atoms with Gasteiger partial charge in [0.25, 0.3) is 0 Å². The Morgan fingerprint density at radius 2 is 1.89 bits per heavy atom. The molecule has 1 aliphatic rings. The lowest BCUT2D eigenvalue weighted by Crippen LogP contribution is -2.53. The van der Waals surface area contributed by atoms with E-state index in [1.165, 1.54) is 0 Å². The Labute approximate surface area is 113 Å². The first-order valence-electron chi connectivity index (χ1n) is 6.36. The molecular weight excluding hydrogens is 242 g/mol. The summed E-state index contributed by atoms with van der Waals surface area (Å²) < 4.78 is 0. The van der Waals surface area contributed by atoms with Crippen LogP contribution in [0, 0.1) is 0 Å². The normalized spacial score (nSPS) is 16.1. The third kappa shape index (κ3) is 3.32. The zero-order valence-electron chi connectivity index (χ0n) is 11.4. The highest BCUT2D eigenvalue weighted by Gasteiger charge is 2.27. The van der Waals surface area contributed by atoms with Crippen molar-refractivity contribution in [1.29, 1.82) is 0 Å². The van der Waals surface area contributed by atoms with Crippen molar-refractivity contribution < 1.29 is 9.59 Å². The van der Waals surface area contributed by atoms with Crippen LogP contribution in [-0.2, 0) is 9.59 Å². The van der Waals surface area contributed by atoms with Crippen LogP contribution in [0.4, 0.5) is 5.69 Å². The van der Waals surface area contributed by atoms with Crippen LogP contribution in [0.3, 0.4) is 0 Å². The van der Waals surface area contributed by atoms with Gasteiger partial charge in [-0.25, -0.2) is 0 Å². The third-order valence-corrected chi connectivity index (χ3v) is 3.09. The lowest BCUT2D eigenvalue weighted by atomic mass is 10.2. The van der Waals surface area contributed by atoms with Gasteiger partial charge in [-0.15, -0.1) is 0 Å². The van der Waals surface area contributed by atoms with Gasteiger partial charge in [-0.3, -0.25) is 9.59 Å². The standard InChI is InChI=1S/C14H19N3O2/c1-15(2)10-13(18)16-8-9-17(14(19)11-16)12-6-4-3-5-7-12/h3-7H,8-11H2,1-2H3. The number of amides is 2. The minimum atomic E-state index is -0.0236. The molecule has 2 rings (SSSR count). The van der Waals surface area contributed by atoms with E-state index in [0.717, 1.165) is 5.69 Å². The minimum absolute atomic E-state index is 0.00561. The van der Waals surface area contributed by atoms with Crippen molar-refractivity contribution >= 4 is 17.5 Å². The van der Waals surface area contributed by atoms with Gasteiger partial charge in [0.1, 0.15) is 6.54 Å². The fraction of sp³-hybridized carbons (Fsp3) is 0.429. The van der Waals surface area contributed by atoms with Crippen molar-refractivity contribution in [2.75, 3.05) is 45.2 Å². The number of piperazine rings is 1. The van der Waals surface area contributed by atoms with Crippen molar-refractivity contribution in [2.24, 2.45) is 0 Å². The monoisotopic (exact) mass is 261 g/mol. The third-order valence-electron chi connectivity index (χ3n) is 3.09. The Balaban J connectivity index is 1.99. The SMILES string of the molecule is CN(C)CC(=O)N1CCN(c2ccccc2)C(=O)C1. The number of benzene rings is 1. The number of likely N-dealkylation sites (N-methyl/N-ethyl adjacent to an activating group) is 1. The van der Waals surface area contributed by atoms with Gasteiger partial charge in [-0.05, 0) is 26.2 Å². The van der Waals surface area contributed by atoms with E-state index in [4.69, 9.17) is 0 Å². The van der Waals surface area contributed by atoms with Gasteiger partial charge in [0.15, 0.2) is 0 Å². The molecule has 1 aliphatic heterocycles. The Bertz CT molecular complexity index is 459. The lowest BCUT2D eigenvalue weighted by molar-refractivity contribution is -0.137. The smallest absolute Gasteiger partial charge is 0.246 e. The quantitative estimate of drug-likeness (QED) is 0.792. The second-order valence-electron chi connectivity index (χ2n) is 4.93. The fourth-order valence-corrected chi connectivity index (χ4v) is 2.14. The predicted octanol–water partition coefficient (Wildman–Crippen LogP) is 0.423. The average Bonchev–Trinajstić information content (AvgIpc) is 2.38. The molecule has 0 aromatic heterocycles. The summed E-state index contributed by atoms with van der Waals surface area (Å²) in [6.45, 7) is 1.66. The van der Waals surface area contributed by atoms with Crippen LogP contribution in [0.2, 0.25) is 0 Å². The maximum Gasteiger partial charge on any atom is 0.246 e. The van der Waals surface area contributed by atoms with E-state index in [-0.39, 0.29) is 18.4 Å². The van der Waals surface area contributed by atoms with Crippen molar-refractivity contribution in [2.45, 2.75) is 0 Å². The zero-order valence-corrected chi connectivity index (χ0v) is 11.4. The highest BCUT2D eigenvalue weighted by molar-refractivity contribution is 5.98. The van der Waals surface area contributed by atoms with Crippen LogP contribution < -0.4 is 4.90 Å². The number of para-hydroxylation sites is 1. The van der Waals surface area contributed by atoms with Crippen LogP contribution in [-0.4, -0.2) is 61.9 Å². The number of carbonyl (C=O) groups is 2. The first kappa shape index (κ1) is 13.5. The van der Waals surface area contributed by atoms with Crippen molar-refractivity contribution in [3.63, 3.8) is 0 Å². The van der Waals surface area contributed by atoms with Gasteiger partial charge < -0.3 is 14.7 Å². The summed E-state index contributed by atoms with van der Waals surface area (Å²) >= 11 is 0. The minimum Gasteiger partial charge on any atom is -0.330 e. The van der Waals surface area contributed by atoms with Gasteiger partial charge >= 0.3 is 0 Å². The van der Waals surface area contributed by atoms with Gasteiger partial charge in [0.2, 0.25) is 11.8 Å². The summed E-state index contributed by atoms with van der Waals surface area (Å²) in [6.07, 6.45) is 0. The van der Waals surface area contributed by atoms with E-state index in [9.17, 15) is 9.59 Å². The van der Waals surface area contributed by atoms with E-state index >= 15 is 0 Å². The Morgan fingerprint density at radius 3 is 2.47 bits per heavy atom. The van der Waals surface area contributed by atoms with E-state index in [0.29, 0.717) is 19.6 Å². The summed E-state index contributed by atoms with van der Waals surface area (Å²) in [7, 11) is 3.69. The van der Waals surface area contributed by atoms with E-state index in [1.54, 1.807) is 9.80 Å². The summed E-state index contributed by atoms with van der Waals surface area (Å²) in [5.74, 6) is -0.0179. The zero-order chi connectivity index (χ0) is 13.8. The Kier molecular flexibility index (Phi) is 4.16. The maximum atomic E-state index is 12.1. The summed E-state index contributed by atoms with van der Waals surface area (Å²) in [5, 5.41) is 0. The molecule has 1 heterocycles. The van der Waals surface area contributed by atoms with E-state index in [2.05, 4.69) is 0 Å². The van der Waals surface area contributed by atoms with Gasteiger partial charge in [-0.1, -0.05) is 18.2 Å². The molecule has 5 heteroatoms. The molecule has 0 atom stereocenters. The van der Waals surface area contributed by atoms with Gasteiger partial charge in [-0.2, -0.15) is 0 Å². The molecule has 2 amide bonds.